The Morgan fingerprint density at radius 3 is 2.91 bits per heavy atom. The molecule has 0 aliphatic heterocycles. The van der Waals surface area contributed by atoms with Gasteiger partial charge < -0.3 is 4.57 Å². The molecule has 112 valence electrons. The van der Waals surface area contributed by atoms with E-state index >= 15 is 0 Å². The van der Waals surface area contributed by atoms with Gasteiger partial charge in [0.2, 0.25) is 5.43 Å². The molecule has 0 saturated heterocycles. The fraction of sp³-hybridized carbons (Fsp3) is 0.167. The molecule has 0 radical (unpaired) electrons. The average Bonchev–Trinajstić information content (AvgIpc) is 3.00. The van der Waals surface area contributed by atoms with E-state index in [0.29, 0.717) is 17.6 Å². The summed E-state index contributed by atoms with van der Waals surface area (Å²) < 4.78 is 1.68. The van der Waals surface area contributed by atoms with Crippen LogP contribution in [0.15, 0.2) is 29.5 Å². The van der Waals surface area contributed by atoms with E-state index in [1.54, 1.807) is 10.6 Å². The molecule has 0 spiro atoms. The first-order valence-corrected chi connectivity index (χ1v) is 6.72. The lowest BCUT2D eigenvalue weighted by Crippen LogP contribution is -2.29. The number of aromatic nitrogens is 6. The van der Waals surface area contributed by atoms with Gasteiger partial charge in [0.05, 0.1) is 5.39 Å². The van der Waals surface area contributed by atoms with Crippen LogP contribution in [0.2, 0.25) is 5.15 Å². The minimum Gasteiger partial charge on any atom is -0.332 e. The van der Waals surface area contributed by atoms with Crippen LogP contribution in [0.5, 0.6) is 0 Å². The Morgan fingerprint density at radius 2 is 2.23 bits per heavy atom. The minimum absolute atomic E-state index is 0.0334. The maximum atomic E-state index is 12.5. The number of hydrogen-bond donors (Lipinski definition) is 1. The molecule has 0 aliphatic rings. The molecule has 3 rings (SSSR count). The van der Waals surface area contributed by atoms with Crippen molar-refractivity contribution in [1.29, 1.82) is 0 Å². The zero-order valence-corrected chi connectivity index (χ0v) is 12.2. The largest absolute Gasteiger partial charge is 0.332 e. The van der Waals surface area contributed by atoms with Crippen LogP contribution >= 0.6 is 11.6 Å². The second-order valence-electron chi connectivity index (χ2n) is 4.36. The Balaban J connectivity index is 2.14. The van der Waals surface area contributed by atoms with E-state index in [-0.39, 0.29) is 10.7 Å². The standard InChI is InChI=1S/C12H10ClN7O2/c1-2-19-5-8(12(22)16-20-6-14-17-18-20)10(21)7-3-4-9(13)15-11(7)19/h3-6H,2H2,1H3,(H,16,22). The predicted octanol–water partition coefficient (Wildman–Crippen LogP) is 0.440. The number of pyridine rings is 2. The molecule has 22 heavy (non-hydrogen) atoms. The van der Waals surface area contributed by atoms with Crippen molar-refractivity contribution >= 4 is 28.5 Å². The summed E-state index contributed by atoms with van der Waals surface area (Å²) in [5.74, 6) is -0.614. The van der Waals surface area contributed by atoms with Crippen LogP contribution in [0.25, 0.3) is 11.0 Å². The van der Waals surface area contributed by atoms with E-state index in [1.165, 1.54) is 18.6 Å². The topological polar surface area (TPSA) is 108 Å². The Hall–Kier alpha value is -2.81. The quantitative estimate of drug-likeness (QED) is 0.702. The predicted molar refractivity (Wildman–Crippen MR) is 78.2 cm³/mol. The Bertz CT molecular complexity index is 904. The molecule has 0 saturated carbocycles. The lowest BCUT2D eigenvalue weighted by atomic mass is 10.2. The lowest BCUT2D eigenvalue weighted by Gasteiger charge is -2.10. The van der Waals surface area contributed by atoms with E-state index < -0.39 is 11.3 Å². The van der Waals surface area contributed by atoms with Crippen molar-refractivity contribution in [2.45, 2.75) is 13.5 Å². The second-order valence-corrected chi connectivity index (χ2v) is 4.75. The van der Waals surface area contributed by atoms with E-state index in [1.807, 2.05) is 6.92 Å². The van der Waals surface area contributed by atoms with Crippen LogP contribution in [-0.2, 0) is 6.54 Å². The molecular weight excluding hydrogens is 310 g/mol. The number of carbonyl (C=O) groups is 1. The SMILES string of the molecule is CCn1cc(C(=O)Nn2cnnn2)c(=O)c2ccc(Cl)nc21. The maximum Gasteiger partial charge on any atom is 0.276 e. The van der Waals surface area contributed by atoms with Crippen LogP contribution in [0.4, 0.5) is 0 Å². The van der Waals surface area contributed by atoms with E-state index in [0.717, 1.165) is 4.79 Å². The van der Waals surface area contributed by atoms with Gasteiger partial charge in [-0.05, 0) is 29.5 Å². The number of aryl methyl sites for hydroxylation is 1. The monoisotopic (exact) mass is 319 g/mol. The number of halogens is 1. The molecule has 9 nitrogen and oxygen atoms in total. The number of nitrogens with one attached hydrogen (secondary N) is 1. The summed E-state index contributed by atoms with van der Waals surface area (Å²) >= 11 is 5.87. The molecule has 0 aromatic carbocycles. The van der Waals surface area contributed by atoms with Gasteiger partial charge in [-0.2, -0.15) is 0 Å². The summed E-state index contributed by atoms with van der Waals surface area (Å²) in [6.45, 7) is 2.39. The highest BCUT2D eigenvalue weighted by molar-refractivity contribution is 6.29. The summed E-state index contributed by atoms with van der Waals surface area (Å²) in [4.78, 5) is 29.8. The van der Waals surface area contributed by atoms with Crippen molar-refractivity contribution < 1.29 is 4.79 Å². The summed E-state index contributed by atoms with van der Waals surface area (Å²) in [5.41, 5.74) is 2.35. The highest BCUT2D eigenvalue weighted by Crippen LogP contribution is 2.14. The number of nitrogens with zero attached hydrogens (tertiary/aromatic N) is 6. The van der Waals surface area contributed by atoms with Gasteiger partial charge in [0.15, 0.2) is 6.33 Å². The van der Waals surface area contributed by atoms with Crippen LogP contribution < -0.4 is 10.9 Å². The summed E-state index contributed by atoms with van der Waals surface area (Å²) in [6, 6.07) is 3.06. The fourth-order valence-electron chi connectivity index (χ4n) is 2.02. The first-order valence-electron chi connectivity index (χ1n) is 6.34. The number of carbonyl (C=O) groups excluding carboxylic acids is 1. The third-order valence-electron chi connectivity index (χ3n) is 3.04. The first-order chi connectivity index (χ1) is 10.6. The van der Waals surface area contributed by atoms with Gasteiger partial charge >= 0.3 is 0 Å². The van der Waals surface area contributed by atoms with Gasteiger partial charge in [-0.15, -0.1) is 9.89 Å². The average molecular weight is 320 g/mol. The third-order valence-corrected chi connectivity index (χ3v) is 3.25. The number of hydrogen-bond acceptors (Lipinski definition) is 6. The summed E-state index contributed by atoms with van der Waals surface area (Å²) in [5, 5.41) is 10.9. The highest BCUT2D eigenvalue weighted by Gasteiger charge is 2.16. The van der Waals surface area contributed by atoms with Crippen molar-refractivity contribution in [3.8, 4) is 0 Å². The number of rotatable bonds is 3. The lowest BCUT2D eigenvalue weighted by molar-refractivity contribution is 0.100. The third kappa shape index (κ3) is 2.42. The van der Waals surface area contributed by atoms with Crippen LogP contribution in [0.3, 0.4) is 0 Å². The molecule has 3 aromatic heterocycles. The maximum absolute atomic E-state index is 12.5. The smallest absolute Gasteiger partial charge is 0.276 e. The zero-order valence-electron chi connectivity index (χ0n) is 11.4. The normalized spacial score (nSPS) is 10.8. The Labute approximate surface area is 128 Å². The first kappa shape index (κ1) is 14.1. The molecule has 3 aromatic rings. The second kappa shape index (κ2) is 5.53. The molecule has 1 N–H and O–H groups in total. The fourth-order valence-corrected chi connectivity index (χ4v) is 2.16. The Morgan fingerprint density at radius 1 is 1.41 bits per heavy atom. The molecule has 0 unspecified atom stereocenters. The van der Waals surface area contributed by atoms with Crippen molar-refractivity contribution in [2.24, 2.45) is 0 Å². The van der Waals surface area contributed by atoms with Crippen molar-refractivity contribution in [2.75, 3.05) is 5.43 Å². The molecule has 3 heterocycles. The van der Waals surface area contributed by atoms with Gasteiger partial charge in [-0.1, -0.05) is 11.6 Å². The zero-order chi connectivity index (χ0) is 15.7. The van der Waals surface area contributed by atoms with Crippen LogP contribution in [0, 0.1) is 0 Å². The molecule has 0 fully saturated rings. The van der Waals surface area contributed by atoms with Gasteiger partial charge in [0, 0.05) is 12.7 Å². The van der Waals surface area contributed by atoms with E-state index in [4.69, 9.17) is 11.6 Å². The molecule has 10 heteroatoms. The van der Waals surface area contributed by atoms with Crippen LogP contribution in [0.1, 0.15) is 17.3 Å². The van der Waals surface area contributed by atoms with Gasteiger partial charge in [0.25, 0.3) is 5.91 Å². The van der Waals surface area contributed by atoms with Gasteiger partial charge in [0.1, 0.15) is 16.4 Å². The van der Waals surface area contributed by atoms with E-state index in [2.05, 4.69) is 25.9 Å². The van der Waals surface area contributed by atoms with E-state index in [9.17, 15) is 9.59 Å². The number of amides is 1. The van der Waals surface area contributed by atoms with Crippen molar-refractivity contribution in [3.63, 3.8) is 0 Å². The highest BCUT2D eigenvalue weighted by atomic mass is 35.5. The molecule has 0 atom stereocenters. The molecular formula is C12H10ClN7O2. The number of fused-ring (bicyclic) bond motifs is 1. The van der Waals surface area contributed by atoms with Gasteiger partial charge in [-0.3, -0.25) is 9.59 Å². The van der Waals surface area contributed by atoms with Crippen molar-refractivity contribution in [3.05, 3.63) is 45.6 Å². The van der Waals surface area contributed by atoms with Crippen LogP contribution in [-0.4, -0.2) is 35.8 Å². The Kier molecular flexibility index (Phi) is 3.55. The van der Waals surface area contributed by atoms with Crippen molar-refractivity contribution in [1.82, 2.24) is 29.9 Å². The van der Waals surface area contributed by atoms with Gasteiger partial charge in [-0.25, -0.2) is 10.4 Å². The summed E-state index contributed by atoms with van der Waals surface area (Å²) in [7, 11) is 0. The molecule has 0 aliphatic carbocycles. The minimum atomic E-state index is -0.614. The summed E-state index contributed by atoms with van der Waals surface area (Å²) in [6.07, 6.45) is 2.65. The molecule has 1 amide bonds. The number of tetrazole rings is 1. The molecule has 0 bridgehead atoms.